The van der Waals surface area contributed by atoms with Crippen molar-refractivity contribution in [2.75, 3.05) is 9.80 Å². The second-order valence-electron chi connectivity index (χ2n) is 16.2. The molecule has 0 spiro atoms. The van der Waals surface area contributed by atoms with Crippen LogP contribution in [-0.2, 0) is 0 Å². The van der Waals surface area contributed by atoms with Gasteiger partial charge in [-0.3, -0.25) is 0 Å². The molecule has 0 N–H and O–H groups in total. The molecule has 0 aromatic heterocycles. The number of anilines is 6. The molecule has 0 aliphatic carbocycles. The second-order valence-corrected chi connectivity index (χ2v) is 16.2. The molecule has 0 unspecified atom stereocenters. The van der Waals surface area contributed by atoms with Crippen molar-refractivity contribution < 1.29 is 0 Å². The third-order valence-electron chi connectivity index (χ3n) is 12.3. The molecular formula is C62H44N2. The van der Waals surface area contributed by atoms with Gasteiger partial charge in [0.15, 0.2) is 0 Å². The van der Waals surface area contributed by atoms with Gasteiger partial charge in [-0.2, -0.15) is 0 Å². The molecule has 0 saturated heterocycles. The summed E-state index contributed by atoms with van der Waals surface area (Å²) >= 11 is 0. The molecule has 11 aromatic rings. The van der Waals surface area contributed by atoms with Crippen LogP contribution in [0.1, 0.15) is 0 Å². The second kappa shape index (κ2) is 17.1. The van der Waals surface area contributed by atoms with E-state index in [0.717, 1.165) is 45.3 Å². The van der Waals surface area contributed by atoms with Gasteiger partial charge >= 0.3 is 0 Å². The van der Waals surface area contributed by atoms with E-state index in [-0.39, 0.29) is 0 Å². The minimum atomic E-state index is 1.09. The summed E-state index contributed by atoms with van der Waals surface area (Å²) in [7, 11) is 0. The molecule has 0 amide bonds. The maximum absolute atomic E-state index is 2.41. The Labute approximate surface area is 375 Å². The highest BCUT2D eigenvalue weighted by atomic mass is 15.1. The predicted octanol–water partition coefficient (Wildman–Crippen LogP) is 17.6. The fourth-order valence-corrected chi connectivity index (χ4v) is 9.01. The zero-order chi connectivity index (χ0) is 42.7. The van der Waals surface area contributed by atoms with Crippen LogP contribution < -0.4 is 9.80 Å². The van der Waals surface area contributed by atoms with Crippen LogP contribution >= 0.6 is 0 Å². The Morgan fingerprint density at radius 2 is 0.469 bits per heavy atom. The standard InChI is InChI=1S/C62H44N2/c1-3-14-45(15-4-1)47-28-36-55(37-29-47)63(57-40-34-50(35-41-57)54-23-11-22-53(44-54)46-16-5-2-6-17-46)56-38-30-48(31-39-56)49-32-42-58(43-33-49)64(61-26-12-20-51-18-7-9-24-59(51)61)62-27-13-21-52-19-8-10-25-60(52)62/h1-44H. The Morgan fingerprint density at radius 3 is 0.891 bits per heavy atom. The van der Waals surface area contributed by atoms with Gasteiger partial charge in [-0.1, -0.05) is 200 Å². The van der Waals surface area contributed by atoms with E-state index in [0.29, 0.717) is 0 Å². The van der Waals surface area contributed by atoms with Crippen molar-refractivity contribution in [2.45, 2.75) is 0 Å². The number of hydrogen-bond acceptors (Lipinski definition) is 2. The lowest BCUT2D eigenvalue weighted by atomic mass is 9.98. The molecule has 0 heterocycles. The van der Waals surface area contributed by atoms with Crippen LogP contribution in [-0.4, -0.2) is 0 Å². The summed E-state index contributed by atoms with van der Waals surface area (Å²) < 4.78 is 0. The first-order chi connectivity index (χ1) is 31.7. The van der Waals surface area contributed by atoms with E-state index >= 15 is 0 Å². The van der Waals surface area contributed by atoms with Crippen LogP contribution in [0.15, 0.2) is 267 Å². The van der Waals surface area contributed by atoms with Crippen molar-refractivity contribution in [1.29, 1.82) is 0 Å². The summed E-state index contributed by atoms with van der Waals surface area (Å²) in [6.07, 6.45) is 0. The van der Waals surface area contributed by atoms with Crippen LogP contribution in [0.2, 0.25) is 0 Å². The molecule has 302 valence electrons. The first kappa shape index (κ1) is 38.5. The van der Waals surface area contributed by atoms with E-state index in [1.165, 1.54) is 54.9 Å². The van der Waals surface area contributed by atoms with E-state index in [9.17, 15) is 0 Å². The van der Waals surface area contributed by atoms with Gasteiger partial charge in [0.25, 0.3) is 0 Å². The van der Waals surface area contributed by atoms with Gasteiger partial charge in [-0.05, 0) is 122 Å². The summed E-state index contributed by atoms with van der Waals surface area (Å²) in [6.45, 7) is 0. The average molecular weight is 817 g/mol. The van der Waals surface area contributed by atoms with Gasteiger partial charge in [-0.15, -0.1) is 0 Å². The summed E-state index contributed by atoms with van der Waals surface area (Å²) in [5, 5.41) is 4.85. The van der Waals surface area contributed by atoms with Crippen molar-refractivity contribution >= 4 is 55.7 Å². The van der Waals surface area contributed by atoms with Gasteiger partial charge in [0, 0.05) is 33.5 Å². The maximum Gasteiger partial charge on any atom is 0.0540 e. The van der Waals surface area contributed by atoms with Crippen LogP contribution in [0.25, 0.3) is 66.1 Å². The molecule has 0 atom stereocenters. The van der Waals surface area contributed by atoms with Gasteiger partial charge < -0.3 is 9.80 Å². The number of benzene rings is 11. The zero-order valence-corrected chi connectivity index (χ0v) is 35.3. The Balaban J connectivity index is 0.936. The molecule has 0 bridgehead atoms. The highest BCUT2D eigenvalue weighted by molar-refractivity contribution is 6.04. The molecular weight excluding hydrogens is 773 g/mol. The molecule has 2 nitrogen and oxygen atoms in total. The fourth-order valence-electron chi connectivity index (χ4n) is 9.01. The SMILES string of the molecule is c1ccc(-c2ccc(N(c3ccc(-c4ccc(N(c5cccc6ccccc56)c5cccc6ccccc56)cc4)cc3)c3ccc(-c4cccc(-c5ccccc5)c4)cc3)cc2)cc1. The Hall–Kier alpha value is -8.46. The van der Waals surface area contributed by atoms with Crippen molar-refractivity contribution in [2.24, 2.45) is 0 Å². The average Bonchev–Trinajstić information content (AvgIpc) is 3.38. The van der Waals surface area contributed by atoms with E-state index in [4.69, 9.17) is 0 Å². The normalized spacial score (nSPS) is 11.1. The number of rotatable bonds is 10. The Kier molecular flexibility index (Phi) is 10.3. The number of nitrogens with zero attached hydrogens (tertiary/aromatic N) is 2. The van der Waals surface area contributed by atoms with E-state index in [1.807, 2.05) is 0 Å². The maximum atomic E-state index is 2.41. The van der Waals surface area contributed by atoms with Gasteiger partial charge in [0.1, 0.15) is 0 Å². The molecule has 64 heavy (non-hydrogen) atoms. The monoisotopic (exact) mass is 816 g/mol. The largest absolute Gasteiger partial charge is 0.311 e. The van der Waals surface area contributed by atoms with Gasteiger partial charge in [0.05, 0.1) is 11.4 Å². The quantitative estimate of drug-likeness (QED) is 0.136. The third kappa shape index (κ3) is 7.59. The van der Waals surface area contributed by atoms with Crippen LogP contribution in [0, 0.1) is 0 Å². The van der Waals surface area contributed by atoms with E-state index in [2.05, 4.69) is 277 Å². The zero-order valence-electron chi connectivity index (χ0n) is 35.3. The molecule has 0 radical (unpaired) electrons. The predicted molar refractivity (Wildman–Crippen MR) is 273 cm³/mol. The topological polar surface area (TPSA) is 6.48 Å². The summed E-state index contributed by atoms with van der Waals surface area (Å²) in [5.74, 6) is 0. The lowest BCUT2D eigenvalue weighted by Gasteiger charge is -2.28. The smallest absolute Gasteiger partial charge is 0.0540 e. The van der Waals surface area contributed by atoms with E-state index < -0.39 is 0 Å². The molecule has 11 aromatic carbocycles. The van der Waals surface area contributed by atoms with Crippen molar-refractivity contribution in [3.8, 4) is 44.5 Å². The molecule has 0 aliphatic rings. The van der Waals surface area contributed by atoms with Crippen LogP contribution in [0.4, 0.5) is 34.1 Å². The van der Waals surface area contributed by atoms with Gasteiger partial charge in [0.2, 0.25) is 0 Å². The first-order valence-electron chi connectivity index (χ1n) is 21.9. The first-order valence-corrected chi connectivity index (χ1v) is 21.9. The van der Waals surface area contributed by atoms with Crippen molar-refractivity contribution in [3.05, 3.63) is 267 Å². The third-order valence-corrected chi connectivity index (χ3v) is 12.3. The highest BCUT2D eigenvalue weighted by Gasteiger charge is 2.19. The molecule has 0 fully saturated rings. The summed E-state index contributed by atoms with van der Waals surface area (Å²) in [4.78, 5) is 4.75. The lowest BCUT2D eigenvalue weighted by Crippen LogP contribution is -2.11. The van der Waals surface area contributed by atoms with Gasteiger partial charge in [-0.25, -0.2) is 0 Å². The van der Waals surface area contributed by atoms with E-state index in [1.54, 1.807) is 0 Å². The summed E-state index contributed by atoms with van der Waals surface area (Å²) in [6, 6.07) is 96.2. The van der Waals surface area contributed by atoms with Crippen LogP contribution in [0.5, 0.6) is 0 Å². The molecule has 0 aliphatic heterocycles. The van der Waals surface area contributed by atoms with Crippen LogP contribution in [0.3, 0.4) is 0 Å². The Morgan fingerprint density at radius 1 is 0.188 bits per heavy atom. The molecule has 2 heteroatoms. The molecule has 0 saturated carbocycles. The fraction of sp³-hybridized carbons (Fsp3) is 0. The number of hydrogen-bond donors (Lipinski definition) is 0. The van der Waals surface area contributed by atoms with Crippen molar-refractivity contribution in [3.63, 3.8) is 0 Å². The minimum Gasteiger partial charge on any atom is -0.311 e. The lowest BCUT2D eigenvalue weighted by molar-refractivity contribution is 1.28. The molecule has 11 rings (SSSR count). The highest BCUT2D eigenvalue weighted by Crippen LogP contribution is 2.43. The number of fused-ring (bicyclic) bond motifs is 2. The Bertz CT molecular complexity index is 3250. The minimum absolute atomic E-state index is 1.09. The summed E-state index contributed by atoms with van der Waals surface area (Å²) in [5.41, 5.74) is 16.2. The van der Waals surface area contributed by atoms with Crippen molar-refractivity contribution in [1.82, 2.24) is 0 Å².